The summed E-state index contributed by atoms with van der Waals surface area (Å²) in [6, 6.07) is 14.8. The Labute approximate surface area is 130 Å². The summed E-state index contributed by atoms with van der Waals surface area (Å²) in [4.78, 5) is 11.5. The van der Waals surface area contributed by atoms with Crippen molar-refractivity contribution in [3.05, 3.63) is 54.9 Å². The van der Waals surface area contributed by atoms with E-state index in [-0.39, 0.29) is 0 Å². The van der Waals surface area contributed by atoms with Crippen molar-refractivity contribution < 1.29 is 0 Å². The Morgan fingerprint density at radius 2 is 1.68 bits per heavy atom. The fraction of sp³-hybridized carbons (Fsp3) is 0.263. The summed E-state index contributed by atoms with van der Waals surface area (Å²) in [5.41, 5.74) is 3.34. The maximum atomic E-state index is 4.66. The van der Waals surface area contributed by atoms with Gasteiger partial charge in [-0.25, -0.2) is 4.98 Å². The fourth-order valence-electron chi connectivity index (χ4n) is 3.11. The zero-order valence-corrected chi connectivity index (χ0v) is 12.6. The van der Waals surface area contributed by atoms with E-state index < -0.39 is 0 Å². The molecule has 3 nitrogen and oxygen atoms in total. The number of piperidine rings is 1. The van der Waals surface area contributed by atoms with Gasteiger partial charge in [-0.3, -0.25) is 4.98 Å². The minimum atomic E-state index is 1.03. The van der Waals surface area contributed by atoms with Crippen molar-refractivity contribution in [3.63, 3.8) is 0 Å². The minimum Gasteiger partial charge on any atom is -0.357 e. The maximum Gasteiger partial charge on any atom is 0.128 e. The first-order valence-corrected chi connectivity index (χ1v) is 7.96. The van der Waals surface area contributed by atoms with Crippen LogP contribution < -0.4 is 4.90 Å². The molecule has 0 aliphatic carbocycles. The molecule has 0 radical (unpaired) electrons. The van der Waals surface area contributed by atoms with Crippen molar-refractivity contribution in [3.8, 4) is 11.1 Å². The molecule has 0 unspecified atom stereocenters. The van der Waals surface area contributed by atoms with Gasteiger partial charge in [-0.15, -0.1) is 0 Å². The first-order valence-electron chi connectivity index (χ1n) is 7.96. The highest BCUT2D eigenvalue weighted by molar-refractivity contribution is 5.84. The number of aromatic nitrogens is 2. The van der Waals surface area contributed by atoms with Gasteiger partial charge in [0.25, 0.3) is 0 Å². The molecular weight excluding hydrogens is 270 g/mol. The second-order valence-electron chi connectivity index (χ2n) is 5.86. The molecule has 4 rings (SSSR count). The van der Waals surface area contributed by atoms with Gasteiger partial charge in [-0.1, -0.05) is 18.2 Å². The third kappa shape index (κ3) is 2.54. The second kappa shape index (κ2) is 5.76. The molecule has 1 aromatic carbocycles. The highest BCUT2D eigenvalue weighted by Gasteiger charge is 2.11. The van der Waals surface area contributed by atoms with Crippen LogP contribution in [0.1, 0.15) is 19.3 Å². The van der Waals surface area contributed by atoms with E-state index in [1.807, 2.05) is 18.5 Å². The summed E-state index contributed by atoms with van der Waals surface area (Å²) in [6.45, 7) is 2.26. The van der Waals surface area contributed by atoms with Crippen molar-refractivity contribution in [2.24, 2.45) is 0 Å². The van der Waals surface area contributed by atoms with Gasteiger partial charge in [-0.2, -0.15) is 0 Å². The van der Waals surface area contributed by atoms with E-state index in [0.717, 1.165) is 30.0 Å². The van der Waals surface area contributed by atoms with Crippen molar-refractivity contribution >= 4 is 16.7 Å². The average Bonchev–Trinajstić information content (AvgIpc) is 2.62. The molecule has 0 N–H and O–H groups in total. The Bertz CT molecular complexity index is 774. The molecule has 1 aliphatic rings. The molecule has 0 bridgehead atoms. The van der Waals surface area contributed by atoms with Crippen molar-refractivity contribution in [1.82, 2.24) is 9.97 Å². The Hall–Kier alpha value is -2.42. The molecule has 1 aliphatic heterocycles. The molecular formula is C19H19N3. The third-order valence-electron chi connectivity index (χ3n) is 4.37. The van der Waals surface area contributed by atoms with Crippen LogP contribution in [0.2, 0.25) is 0 Å². The number of fused-ring (bicyclic) bond motifs is 1. The van der Waals surface area contributed by atoms with Crippen molar-refractivity contribution in [2.45, 2.75) is 19.3 Å². The zero-order chi connectivity index (χ0) is 14.8. The molecule has 0 atom stereocenters. The smallest absolute Gasteiger partial charge is 0.128 e. The van der Waals surface area contributed by atoms with E-state index in [0.29, 0.717) is 0 Å². The average molecular weight is 289 g/mol. The maximum absolute atomic E-state index is 4.66. The van der Waals surface area contributed by atoms with E-state index in [9.17, 15) is 0 Å². The second-order valence-corrected chi connectivity index (χ2v) is 5.86. The molecule has 2 aromatic heterocycles. The monoisotopic (exact) mass is 289 g/mol. The molecule has 3 heteroatoms. The Balaban J connectivity index is 1.63. The van der Waals surface area contributed by atoms with E-state index in [1.54, 1.807) is 0 Å². The van der Waals surface area contributed by atoms with Crippen LogP contribution in [0.25, 0.3) is 22.0 Å². The SMILES string of the molecule is c1cnc2cc(-c3ccc(N4CCCCC4)nc3)ccc2c1. The van der Waals surface area contributed by atoms with Crippen LogP contribution in [0.3, 0.4) is 0 Å². The number of hydrogen-bond donors (Lipinski definition) is 0. The van der Waals surface area contributed by atoms with Gasteiger partial charge in [-0.05, 0) is 49.1 Å². The molecule has 0 spiro atoms. The van der Waals surface area contributed by atoms with Gasteiger partial charge in [0.2, 0.25) is 0 Å². The molecule has 0 amide bonds. The number of nitrogens with zero attached hydrogens (tertiary/aromatic N) is 3. The van der Waals surface area contributed by atoms with Crippen LogP contribution >= 0.6 is 0 Å². The number of benzene rings is 1. The lowest BCUT2D eigenvalue weighted by Gasteiger charge is -2.27. The predicted octanol–water partition coefficient (Wildman–Crippen LogP) is 4.29. The van der Waals surface area contributed by atoms with Gasteiger partial charge in [0.15, 0.2) is 0 Å². The van der Waals surface area contributed by atoms with E-state index >= 15 is 0 Å². The van der Waals surface area contributed by atoms with Gasteiger partial charge in [0.05, 0.1) is 5.52 Å². The number of pyridine rings is 2. The normalized spacial score (nSPS) is 15.2. The first kappa shape index (κ1) is 13.3. The highest BCUT2D eigenvalue weighted by atomic mass is 15.2. The largest absolute Gasteiger partial charge is 0.357 e. The van der Waals surface area contributed by atoms with Crippen LogP contribution in [-0.4, -0.2) is 23.1 Å². The van der Waals surface area contributed by atoms with E-state index in [1.165, 1.54) is 30.2 Å². The number of hydrogen-bond acceptors (Lipinski definition) is 3. The predicted molar refractivity (Wildman–Crippen MR) is 91.0 cm³/mol. The van der Waals surface area contributed by atoms with Crippen molar-refractivity contribution in [2.75, 3.05) is 18.0 Å². The third-order valence-corrected chi connectivity index (χ3v) is 4.37. The summed E-state index contributed by atoms with van der Waals surface area (Å²) in [6.07, 6.45) is 7.72. The summed E-state index contributed by atoms with van der Waals surface area (Å²) in [5.74, 6) is 1.10. The fourth-order valence-corrected chi connectivity index (χ4v) is 3.11. The topological polar surface area (TPSA) is 29.0 Å². The highest BCUT2D eigenvalue weighted by Crippen LogP contribution is 2.25. The van der Waals surface area contributed by atoms with Crippen LogP contribution in [0.4, 0.5) is 5.82 Å². The van der Waals surface area contributed by atoms with Crippen molar-refractivity contribution in [1.29, 1.82) is 0 Å². The molecule has 0 saturated carbocycles. The molecule has 1 saturated heterocycles. The summed E-state index contributed by atoms with van der Waals surface area (Å²) >= 11 is 0. The van der Waals surface area contributed by atoms with Gasteiger partial charge in [0, 0.05) is 36.4 Å². The van der Waals surface area contributed by atoms with Gasteiger partial charge < -0.3 is 4.90 Å². The van der Waals surface area contributed by atoms with Crippen LogP contribution in [0.5, 0.6) is 0 Å². The van der Waals surface area contributed by atoms with Gasteiger partial charge in [0.1, 0.15) is 5.82 Å². The summed E-state index contributed by atoms with van der Waals surface area (Å²) in [5, 5.41) is 1.17. The first-order chi connectivity index (χ1) is 10.9. The molecule has 3 aromatic rings. The lowest BCUT2D eigenvalue weighted by molar-refractivity contribution is 0.573. The standard InChI is InChI=1S/C19H19N3/c1-2-11-22(12-3-1)19-9-8-17(14-21-19)16-7-6-15-5-4-10-20-18(15)13-16/h4-10,13-14H,1-3,11-12H2. The quantitative estimate of drug-likeness (QED) is 0.705. The lowest BCUT2D eigenvalue weighted by Crippen LogP contribution is -2.29. The summed E-state index contributed by atoms with van der Waals surface area (Å²) < 4.78 is 0. The van der Waals surface area contributed by atoms with Crippen LogP contribution in [0, 0.1) is 0 Å². The number of anilines is 1. The van der Waals surface area contributed by atoms with Gasteiger partial charge >= 0.3 is 0 Å². The molecule has 1 fully saturated rings. The summed E-state index contributed by atoms with van der Waals surface area (Å²) in [7, 11) is 0. The lowest BCUT2D eigenvalue weighted by atomic mass is 10.1. The molecule has 3 heterocycles. The number of rotatable bonds is 2. The zero-order valence-electron chi connectivity index (χ0n) is 12.6. The Morgan fingerprint density at radius 3 is 2.50 bits per heavy atom. The Kier molecular flexibility index (Phi) is 3.47. The minimum absolute atomic E-state index is 1.03. The molecule has 110 valence electrons. The van der Waals surface area contributed by atoms with Crippen LogP contribution in [-0.2, 0) is 0 Å². The molecule has 22 heavy (non-hydrogen) atoms. The Morgan fingerprint density at radius 1 is 0.818 bits per heavy atom. The van der Waals surface area contributed by atoms with E-state index in [4.69, 9.17) is 0 Å². The van der Waals surface area contributed by atoms with Crippen LogP contribution in [0.15, 0.2) is 54.9 Å². The van der Waals surface area contributed by atoms with E-state index in [2.05, 4.69) is 51.3 Å².